The number of hydrogen-bond acceptors (Lipinski definition) is 3. The van der Waals surface area contributed by atoms with Gasteiger partial charge in [0.1, 0.15) is 5.82 Å². The van der Waals surface area contributed by atoms with Gasteiger partial charge < -0.3 is 10.6 Å². The van der Waals surface area contributed by atoms with Crippen LogP contribution in [-0.2, 0) is 16.6 Å². The highest BCUT2D eigenvalue weighted by Gasteiger charge is 2.18. The number of nitrogens with zero attached hydrogens (tertiary/aromatic N) is 2. The lowest BCUT2D eigenvalue weighted by molar-refractivity contribution is 0.445. The molecule has 0 aromatic heterocycles. The van der Waals surface area contributed by atoms with Crippen molar-refractivity contribution in [3.05, 3.63) is 35.6 Å². The molecule has 25 heavy (non-hydrogen) atoms. The predicted molar refractivity (Wildman–Crippen MR) is 111 cm³/mol. The van der Waals surface area contributed by atoms with Crippen molar-refractivity contribution in [2.24, 2.45) is 4.99 Å². The van der Waals surface area contributed by atoms with Crippen molar-refractivity contribution in [2.75, 3.05) is 31.9 Å². The normalized spacial score (nSPS) is 12.0. The highest BCUT2D eigenvalue weighted by molar-refractivity contribution is 14.0. The van der Waals surface area contributed by atoms with Gasteiger partial charge in [-0.25, -0.2) is 22.1 Å². The molecule has 0 amide bonds. The third kappa shape index (κ3) is 8.82. The molecule has 0 atom stereocenters. The van der Waals surface area contributed by atoms with Crippen LogP contribution in [0.15, 0.2) is 29.3 Å². The molecule has 144 valence electrons. The Morgan fingerprint density at radius 2 is 1.88 bits per heavy atom. The van der Waals surface area contributed by atoms with Gasteiger partial charge in [-0.05, 0) is 24.6 Å². The molecule has 2 N–H and O–H groups in total. The number of benzene rings is 1. The van der Waals surface area contributed by atoms with Crippen molar-refractivity contribution in [3.8, 4) is 0 Å². The smallest absolute Gasteiger partial charge is 0.215 e. The zero-order valence-corrected chi connectivity index (χ0v) is 18.1. The van der Waals surface area contributed by atoms with Crippen LogP contribution < -0.4 is 10.6 Å². The van der Waals surface area contributed by atoms with E-state index in [2.05, 4.69) is 15.6 Å². The summed E-state index contributed by atoms with van der Waals surface area (Å²) in [4.78, 5) is 4.35. The van der Waals surface area contributed by atoms with Crippen LogP contribution in [0.1, 0.15) is 26.3 Å². The van der Waals surface area contributed by atoms with Crippen molar-refractivity contribution < 1.29 is 12.8 Å². The summed E-state index contributed by atoms with van der Waals surface area (Å²) in [6, 6.07) is 6.24. The van der Waals surface area contributed by atoms with E-state index in [4.69, 9.17) is 0 Å². The summed E-state index contributed by atoms with van der Waals surface area (Å²) < 4.78 is 38.9. The minimum atomic E-state index is -3.27. The largest absolute Gasteiger partial charge is 0.357 e. The van der Waals surface area contributed by atoms with E-state index < -0.39 is 10.0 Å². The van der Waals surface area contributed by atoms with Gasteiger partial charge in [0.15, 0.2) is 5.96 Å². The summed E-state index contributed by atoms with van der Waals surface area (Å²) in [7, 11) is -3.27. The predicted octanol–water partition coefficient (Wildman–Crippen LogP) is 2.17. The monoisotopic (exact) mass is 486 g/mol. The fourth-order valence-corrected chi connectivity index (χ4v) is 3.60. The Labute approximate surface area is 167 Å². The van der Waals surface area contributed by atoms with Crippen LogP contribution >= 0.6 is 24.0 Å². The van der Waals surface area contributed by atoms with Gasteiger partial charge in [0.25, 0.3) is 0 Å². The third-order valence-electron chi connectivity index (χ3n) is 3.40. The molecule has 0 fully saturated rings. The molecule has 0 aliphatic carbocycles. The number of guanidine groups is 1. The number of hydrogen-bond donors (Lipinski definition) is 2. The lowest BCUT2D eigenvalue weighted by Crippen LogP contribution is -2.42. The Morgan fingerprint density at radius 1 is 1.20 bits per heavy atom. The molecular formula is C16H28FIN4O2S. The Kier molecular flexibility index (Phi) is 12.0. The first-order valence-electron chi connectivity index (χ1n) is 8.17. The molecule has 1 rings (SSSR count). The Morgan fingerprint density at radius 3 is 2.44 bits per heavy atom. The van der Waals surface area contributed by atoms with Crippen LogP contribution in [0.2, 0.25) is 0 Å². The van der Waals surface area contributed by atoms with E-state index in [0.29, 0.717) is 32.1 Å². The van der Waals surface area contributed by atoms with E-state index in [-0.39, 0.29) is 42.1 Å². The third-order valence-corrected chi connectivity index (χ3v) is 5.43. The Hall–Kier alpha value is -0.940. The fraction of sp³-hybridized carbons (Fsp3) is 0.562. The topological polar surface area (TPSA) is 73.8 Å². The molecule has 0 spiro atoms. The van der Waals surface area contributed by atoms with Gasteiger partial charge in [0, 0.05) is 26.2 Å². The molecular weight excluding hydrogens is 458 g/mol. The van der Waals surface area contributed by atoms with Crippen LogP contribution in [0.3, 0.4) is 0 Å². The van der Waals surface area contributed by atoms with Gasteiger partial charge >= 0.3 is 0 Å². The first kappa shape index (κ1) is 24.1. The van der Waals surface area contributed by atoms with Crippen molar-refractivity contribution >= 4 is 40.0 Å². The highest BCUT2D eigenvalue weighted by atomic mass is 127. The molecule has 0 radical (unpaired) electrons. The number of aliphatic imine (C=N–C) groups is 1. The molecule has 1 aromatic rings. The zero-order valence-electron chi connectivity index (χ0n) is 15.0. The number of halogens is 2. The molecule has 0 saturated carbocycles. The minimum Gasteiger partial charge on any atom is -0.357 e. The Balaban J connectivity index is 0.00000576. The van der Waals surface area contributed by atoms with Crippen LogP contribution in [0.4, 0.5) is 4.39 Å². The van der Waals surface area contributed by atoms with Crippen LogP contribution in [0.25, 0.3) is 0 Å². The average molecular weight is 486 g/mol. The van der Waals surface area contributed by atoms with Gasteiger partial charge in [0.2, 0.25) is 10.0 Å². The highest BCUT2D eigenvalue weighted by Crippen LogP contribution is 2.04. The van der Waals surface area contributed by atoms with Crippen molar-refractivity contribution in [1.82, 2.24) is 14.9 Å². The summed E-state index contributed by atoms with van der Waals surface area (Å²) in [5, 5.41) is 6.05. The maximum absolute atomic E-state index is 13.2. The quantitative estimate of drug-likeness (QED) is 0.319. The Bertz CT molecular complexity index is 637. The van der Waals surface area contributed by atoms with Crippen molar-refractivity contribution in [3.63, 3.8) is 0 Å². The zero-order chi connectivity index (χ0) is 18.0. The SMILES string of the molecule is CCNC(=NCc1cccc(F)c1)NCCS(=O)(=O)N(CC)CC.I. The van der Waals surface area contributed by atoms with E-state index in [1.165, 1.54) is 16.4 Å². The van der Waals surface area contributed by atoms with Gasteiger partial charge in [0.05, 0.1) is 12.3 Å². The first-order chi connectivity index (χ1) is 11.4. The molecule has 0 heterocycles. The molecule has 0 aliphatic rings. The van der Waals surface area contributed by atoms with E-state index in [9.17, 15) is 12.8 Å². The van der Waals surface area contributed by atoms with E-state index in [1.54, 1.807) is 12.1 Å². The molecule has 1 aromatic carbocycles. The van der Waals surface area contributed by atoms with Crippen LogP contribution in [0, 0.1) is 5.82 Å². The molecule has 0 saturated heterocycles. The standard InChI is InChI=1S/C16H27FN4O2S.HI/c1-4-18-16(20-13-14-8-7-9-15(17)12-14)19-10-11-24(22,23)21(5-2)6-3;/h7-9,12H,4-6,10-11,13H2,1-3H3,(H2,18,19,20);1H. The second-order valence-corrected chi connectivity index (χ2v) is 7.24. The van der Waals surface area contributed by atoms with E-state index in [0.717, 1.165) is 5.56 Å². The van der Waals surface area contributed by atoms with Gasteiger partial charge in [-0.15, -0.1) is 24.0 Å². The number of sulfonamides is 1. The molecule has 6 nitrogen and oxygen atoms in total. The fourth-order valence-electron chi connectivity index (χ4n) is 2.19. The molecule has 0 unspecified atom stereocenters. The van der Waals surface area contributed by atoms with E-state index in [1.807, 2.05) is 20.8 Å². The second-order valence-electron chi connectivity index (χ2n) is 5.15. The first-order valence-corrected chi connectivity index (χ1v) is 9.78. The van der Waals surface area contributed by atoms with Crippen molar-refractivity contribution in [1.29, 1.82) is 0 Å². The van der Waals surface area contributed by atoms with E-state index >= 15 is 0 Å². The lowest BCUT2D eigenvalue weighted by Gasteiger charge is -2.19. The summed E-state index contributed by atoms with van der Waals surface area (Å²) in [6.45, 7) is 7.71. The van der Waals surface area contributed by atoms with Crippen LogP contribution in [-0.4, -0.2) is 50.6 Å². The van der Waals surface area contributed by atoms with Gasteiger partial charge in [-0.1, -0.05) is 26.0 Å². The van der Waals surface area contributed by atoms with Gasteiger partial charge in [-0.3, -0.25) is 0 Å². The summed E-state index contributed by atoms with van der Waals surface area (Å²) in [6.07, 6.45) is 0. The number of nitrogens with one attached hydrogen (secondary N) is 2. The van der Waals surface area contributed by atoms with Gasteiger partial charge in [-0.2, -0.15) is 0 Å². The summed E-state index contributed by atoms with van der Waals surface area (Å²) in [5.74, 6) is 0.210. The average Bonchev–Trinajstić information content (AvgIpc) is 2.53. The summed E-state index contributed by atoms with van der Waals surface area (Å²) >= 11 is 0. The number of rotatable bonds is 9. The second kappa shape index (κ2) is 12.4. The molecule has 0 aliphatic heterocycles. The molecule has 9 heteroatoms. The maximum atomic E-state index is 13.2. The van der Waals surface area contributed by atoms with Crippen molar-refractivity contribution in [2.45, 2.75) is 27.3 Å². The molecule has 0 bridgehead atoms. The van der Waals surface area contributed by atoms with Crippen LogP contribution in [0.5, 0.6) is 0 Å². The maximum Gasteiger partial charge on any atom is 0.215 e. The summed E-state index contributed by atoms with van der Waals surface area (Å²) in [5.41, 5.74) is 0.753. The lowest BCUT2D eigenvalue weighted by atomic mass is 10.2. The minimum absolute atomic E-state index is 0.